The van der Waals surface area contributed by atoms with Crippen molar-refractivity contribution < 1.29 is 19.5 Å². The minimum Gasteiger partial charge on any atom is -0.481 e. The molecule has 0 bridgehead atoms. The highest BCUT2D eigenvalue weighted by molar-refractivity contribution is 5.76. The third kappa shape index (κ3) is 7.45. The fraction of sp³-hybridized carbons (Fsp3) is 0.750. The molecular formula is C12H24N4O4. The van der Waals surface area contributed by atoms with Gasteiger partial charge in [0.05, 0.1) is 5.92 Å². The van der Waals surface area contributed by atoms with Crippen LogP contribution >= 0.6 is 0 Å². The molecule has 4 N–H and O–H groups in total. The van der Waals surface area contributed by atoms with Crippen molar-refractivity contribution in [2.75, 3.05) is 33.7 Å². The molecule has 0 radical (unpaired) electrons. The smallest absolute Gasteiger partial charge is 0.316 e. The van der Waals surface area contributed by atoms with Crippen LogP contribution in [0.25, 0.3) is 0 Å². The first-order chi connectivity index (χ1) is 9.25. The lowest BCUT2D eigenvalue weighted by Crippen LogP contribution is -2.44. The number of carbonyl (C=O) groups is 3. The standard InChI is InChI=1S/C12H24N4O4/c1-8(2)9(10(17)18)7-15-11(19)13-5-6-14-12(20)16(3)4/h8-9H,5-7H2,1-4H3,(H,14,20)(H,17,18)(H2,13,15,19). The molecule has 0 saturated heterocycles. The molecule has 0 heterocycles. The number of rotatable bonds is 7. The second-order valence-electron chi connectivity index (χ2n) is 4.95. The predicted octanol–water partition coefficient (Wildman–Crippen LogP) is -0.0864. The summed E-state index contributed by atoms with van der Waals surface area (Å²) in [7, 11) is 3.24. The van der Waals surface area contributed by atoms with Crippen LogP contribution in [0, 0.1) is 11.8 Å². The van der Waals surface area contributed by atoms with Crippen molar-refractivity contribution in [1.82, 2.24) is 20.9 Å². The van der Waals surface area contributed by atoms with Crippen LogP contribution in [0.15, 0.2) is 0 Å². The summed E-state index contributed by atoms with van der Waals surface area (Å²) in [6.45, 7) is 4.22. The second kappa shape index (κ2) is 9.00. The van der Waals surface area contributed by atoms with Crippen LogP contribution in [0.1, 0.15) is 13.8 Å². The molecule has 0 aliphatic rings. The summed E-state index contributed by atoms with van der Waals surface area (Å²) in [5, 5.41) is 16.6. The summed E-state index contributed by atoms with van der Waals surface area (Å²) in [5.74, 6) is -1.61. The Morgan fingerprint density at radius 1 is 1.05 bits per heavy atom. The van der Waals surface area contributed by atoms with Crippen molar-refractivity contribution in [1.29, 1.82) is 0 Å². The highest BCUT2D eigenvalue weighted by atomic mass is 16.4. The molecule has 0 aromatic carbocycles. The number of urea groups is 2. The molecule has 8 heteroatoms. The molecule has 0 aliphatic heterocycles. The van der Waals surface area contributed by atoms with Gasteiger partial charge in [-0.25, -0.2) is 9.59 Å². The summed E-state index contributed by atoms with van der Waals surface area (Å²) >= 11 is 0. The van der Waals surface area contributed by atoms with Gasteiger partial charge in [0, 0.05) is 33.7 Å². The Kier molecular flexibility index (Phi) is 8.10. The average molecular weight is 288 g/mol. The molecule has 0 rings (SSSR count). The van der Waals surface area contributed by atoms with Crippen LogP contribution < -0.4 is 16.0 Å². The van der Waals surface area contributed by atoms with Gasteiger partial charge in [-0.3, -0.25) is 4.79 Å². The van der Waals surface area contributed by atoms with E-state index in [-0.39, 0.29) is 25.0 Å². The van der Waals surface area contributed by atoms with Gasteiger partial charge in [-0.2, -0.15) is 0 Å². The molecule has 1 atom stereocenters. The van der Waals surface area contributed by atoms with E-state index in [1.807, 2.05) is 0 Å². The van der Waals surface area contributed by atoms with E-state index in [0.29, 0.717) is 6.54 Å². The Labute approximate surface area is 118 Å². The van der Waals surface area contributed by atoms with E-state index in [2.05, 4.69) is 16.0 Å². The first-order valence-electron chi connectivity index (χ1n) is 6.45. The number of hydrogen-bond acceptors (Lipinski definition) is 3. The topological polar surface area (TPSA) is 111 Å². The first kappa shape index (κ1) is 18.0. The number of aliphatic carboxylic acids is 1. The Balaban J connectivity index is 3.84. The third-order valence-electron chi connectivity index (χ3n) is 2.70. The van der Waals surface area contributed by atoms with Gasteiger partial charge < -0.3 is 26.0 Å². The monoisotopic (exact) mass is 288 g/mol. The quantitative estimate of drug-likeness (QED) is 0.491. The van der Waals surface area contributed by atoms with Crippen molar-refractivity contribution in [2.45, 2.75) is 13.8 Å². The van der Waals surface area contributed by atoms with Crippen molar-refractivity contribution in [2.24, 2.45) is 11.8 Å². The van der Waals surface area contributed by atoms with Crippen LogP contribution in [-0.4, -0.2) is 61.8 Å². The zero-order valence-corrected chi connectivity index (χ0v) is 12.4. The third-order valence-corrected chi connectivity index (χ3v) is 2.70. The maximum Gasteiger partial charge on any atom is 0.316 e. The summed E-state index contributed by atoms with van der Waals surface area (Å²) in [5.41, 5.74) is 0. The van der Waals surface area contributed by atoms with Crippen molar-refractivity contribution in [3.63, 3.8) is 0 Å². The van der Waals surface area contributed by atoms with Gasteiger partial charge in [-0.15, -0.1) is 0 Å². The molecule has 0 spiro atoms. The number of carboxylic acid groups (broad SMARTS) is 1. The van der Waals surface area contributed by atoms with Gasteiger partial charge in [0.2, 0.25) is 0 Å². The zero-order chi connectivity index (χ0) is 15.7. The number of nitrogens with one attached hydrogen (secondary N) is 3. The minimum absolute atomic E-state index is 0.0628. The minimum atomic E-state index is -0.932. The van der Waals surface area contributed by atoms with E-state index in [9.17, 15) is 14.4 Å². The van der Waals surface area contributed by atoms with Gasteiger partial charge in [-0.1, -0.05) is 13.8 Å². The molecular weight excluding hydrogens is 264 g/mol. The number of carbonyl (C=O) groups excluding carboxylic acids is 2. The molecule has 1 unspecified atom stereocenters. The first-order valence-corrected chi connectivity index (χ1v) is 6.45. The zero-order valence-electron chi connectivity index (χ0n) is 12.4. The van der Waals surface area contributed by atoms with E-state index in [4.69, 9.17) is 5.11 Å². The lowest BCUT2D eigenvalue weighted by molar-refractivity contribution is -0.142. The van der Waals surface area contributed by atoms with Gasteiger partial charge in [0.25, 0.3) is 0 Å². The largest absolute Gasteiger partial charge is 0.481 e. The molecule has 0 aromatic rings. The predicted molar refractivity (Wildman–Crippen MR) is 74.5 cm³/mol. The van der Waals surface area contributed by atoms with Crippen LogP contribution in [0.5, 0.6) is 0 Å². The molecule has 0 fully saturated rings. The van der Waals surface area contributed by atoms with Gasteiger partial charge in [-0.05, 0) is 5.92 Å². The molecule has 20 heavy (non-hydrogen) atoms. The lowest BCUT2D eigenvalue weighted by atomic mass is 9.96. The van der Waals surface area contributed by atoms with Gasteiger partial charge in [0.15, 0.2) is 0 Å². The van der Waals surface area contributed by atoms with Crippen LogP contribution in [0.3, 0.4) is 0 Å². The van der Waals surface area contributed by atoms with E-state index in [1.165, 1.54) is 4.90 Å². The van der Waals surface area contributed by atoms with Crippen molar-refractivity contribution in [3.05, 3.63) is 0 Å². The van der Waals surface area contributed by atoms with Crippen LogP contribution in [0.4, 0.5) is 9.59 Å². The summed E-state index contributed by atoms with van der Waals surface area (Å²) in [6.07, 6.45) is 0. The summed E-state index contributed by atoms with van der Waals surface area (Å²) in [4.78, 5) is 34.9. The Bertz CT molecular complexity index is 344. The lowest BCUT2D eigenvalue weighted by Gasteiger charge is -2.17. The summed E-state index contributed by atoms with van der Waals surface area (Å²) < 4.78 is 0. The molecule has 0 saturated carbocycles. The highest BCUT2D eigenvalue weighted by Crippen LogP contribution is 2.09. The average Bonchev–Trinajstić information content (AvgIpc) is 2.33. The maximum atomic E-state index is 11.4. The fourth-order valence-electron chi connectivity index (χ4n) is 1.38. The van der Waals surface area contributed by atoms with E-state index >= 15 is 0 Å². The van der Waals surface area contributed by atoms with Crippen molar-refractivity contribution in [3.8, 4) is 0 Å². The van der Waals surface area contributed by atoms with Gasteiger partial charge >= 0.3 is 18.0 Å². The second-order valence-corrected chi connectivity index (χ2v) is 4.95. The SMILES string of the molecule is CC(C)C(CNC(=O)NCCNC(=O)N(C)C)C(=O)O. The number of hydrogen-bond donors (Lipinski definition) is 4. The fourth-order valence-corrected chi connectivity index (χ4v) is 1.38. The number of nitrogens with zero attached hydrogens (tertiary/aromatic N) is 1. The number of carboxylic acids is 1. The Morgan fingerprint density at radius 2 is 1.60 bits per heavy atom. The molecule has 8 nitrogen and oxygen atoms in total. The molecule has 4 amide bonds. The molecule has 116 valence electrons. The maximum absolute atomic E-state index is 11.4. The normalized spacial score (nSPS) is 11.7. The van der Waals surface area contributed by atoms with Crippen LogP contribution in [0.2, 0.25) is 0 Å². The molecule has 0 aromatic heterocycles. The summed E-state index contributed by atoms with van der Waals surface area (Å²) in [6, 6.07) is -0.686. The Hall–Kier alpha value is -1.99. The van der Waals surface area contributed by atoms with Crippen molar-refractivity contribution >= 4 is 18.0 Å². The van der Waals surface area contributed by atoms with Gasteiger partial charge in [0.1, 0.15) is 0 Å². The Morgan fingerprint density at radius 3 is 2.05 bits per heavy atom. The molecule has 0 aliphatic carbocycles. The number of amides is 4. The van der Waals surface area contributed by atoms with E-state index in [0.717, 1.165) is 0 Å². The van der Waals surface area contributed by atoms with E-state index < -0.39 is 17.9 Å². The van der Waals surface area contributed by atoms with Crippen LogP contribution in [-0.2, 0) is 4.79 Å². The van der Waals surface area contributed by atoms with E-state index in [1.54, 1.807) is 27.9 Å². The highest BCUT2D eigenvalue weighted by Gasteiger charge is 2.21.